The molecule has 2 aliphatic rings. The Labute approximate surface area is 147 Å². The molecule has 1 aliphatic heterocycles. The molecule has 1 aromatic carbocycles. The van der Waals surface area contributed by atoms with Crippen LogP contribution < -0.4 is 10.6 Å². The third kappa shape index (κ3) is 3.51. The number of nitrogens with one attached hydrogen (secondary N) is 2. The number of hydrogen-bond acceptors (Lipinski definition) is 4. The maximum atomic E-state index is 13.0. The third-order valence-corrected chi connectivity index (χ3v) is 4.71. The number of carbonyl (C=O) groups is 3. The second-order valence-electron chi connectivity index (χ2n) is 6.79. The van der Waals surface area contributed by atoms with Gasteiger partial charge in [0, 0.05) is 6.04 Å². The lowest BCUT2D eigenvalue weighted by Gasteiger charge is -2.27. The molecule has 1 saturated carbocycles. The van der Waals surface area contributed by atoms with E-state index in [1.165, 1.54) is 4.90 Å². The van der Waals surface area contributed by atoms with Gasteiger partial charge in [0.15, 0.2) is 0 Å². The van der Waals surface area contributed by atoms with Crippen molar-refractivity contribution in [2.75, 3.05) is 20.3 Å². The van der Waals surface area contributed by atoms with Gasteiger partial charge < -0.3 is 10.6 Å². The van der Waals surface area contributed by atoms with Crippen LogP contribution >= 0.6 is 0 Å². The van der Waals surface area contributed by atoms with Crippen molar-refractivity contribution in [3.8, 4) is 0 Å². The number of hydrogen-bond donors (Lipinski definition) is 2. The quantitative estimate of drug-likeness (QED) is 0.724. The van der Waals surface area contributed by atoms with Gasteiger partial charge in [-0.2, -0.15) is 0 Å². The Morgan fingerprint density at radius 1 is 1.32 bits per heavy atom. The number of nitrogens with zero attached hydrogens (tertiary/aromatic N) is 2. The third-order valence-electron chi connectivity index (χ3n) is 4.71. The molecule has 1 aliphatic carbocycles. The van der Waals surface area contributed by atoms with Crippen molar-refractivity contribution in [2.45, 2.75) is 37.8 Å². The summed E-state index contributed by atoms with van der Waals surface area (Å²) in [5.41, 5.74) is -0.261. The molecule has 1 saturated heterocycles. The molecule has 4 amide bonds. The molecule has 7 nitrogen and oxygen atoms in total. The minimum absolute atomic E-state index is 0.0807. The Morgan fingerprint density at radius 3 is 2.60 bits per heavy atom. The van der Waals surface area contributed by atoms with E-state index in [0.717, 1.165) is 18.4 Å². The summed E-state index contributed by atoms with van der Waals surface area (Å²) >= 11 is 0. The molecule has 2 N–H and O–H groups in total. The summed E-state index contributed by atoms with van der Waals surface area (Å²) in [4.78, 5) is 40.1. The molecule has 25 heavy (non-hydrogen) atoms. The predicted molar refractivity (Wildman–Crippen MR) is 92.5 cm³/mol. The predicted octanol–water partition coefficient (Wildman–Crippen LogP) is 1.01. The summed E-state index contributed by atoms with van der Waals surface area (Å²) in [6.07, 6.45) is 2.51. The van der Waals surface area contributed by atoms with Gasteiger partial charge in [-0.05, 0) is 31.9 Å². The van der Waals surface area contributed by atoms with Crippen LogP contribution in [-0.4, -0.2) is 53.9 Å². The fraction of sp³-hybridized carbons (Fsp3) is 0.500. The van der Waals surface area contributed by atoms with E-state index in [2.05, 4.69) is 10.6 Å². The number of imide groups is 1. The zero-order chi connectivity index (χ0) is 18.0. The number of benzene rings is 1. The first-order chi connectivity index (χ1) is 12.0. The van der Waals surface area contributed by atoms with E-state index in [0.29, 0.717) is 12.5 Å². The highest BCUT2D eigenvalue weighted by atomic mass is 16.2. The second kappa shape index (κ2) is 6.84. The highest BCUT2D eigenvalue weighted by Crippen LogP contribution is 2.32. The van der Waals surface area contributed by atoms with Crippen LogP contribution in [-0.2, 0) is 15.1 Å². The van der Waals surface area contributed by atoms with Gasteiger partial charge in [0.1, 0.15) is 5.54 Å². The number of amides is 4. The van der Waals surface area contributed by atoms with Crippen LogP contribution in [0.1, 0.15) is 31.7 Å². The first kappa shape index (κ1) is 17.4. The lowest BCUT2D eigenvalue weighted by Crippen LogP contribution is -2.46. The number of urea groups is 1. The van der Waals surface area contributed by atoms with E-state index in [1.54, 1.807) is 11.9 Å². The molecular weight excluding hydrogens is 320 g/mol. The molecule has 0 spiro atoms. The van der Waals surface area contributed by atoms with Crippen LogP contribution in [0.15, 0.2) is 30.3 Å². The SMILES string of the molecule is CC[C@@]1(c2ccccc2)NC(=O)N(CN(C)CC(=O)NC2CC2)C1=O. The summed E-state index contributed by atoms with van der Waals surface area (Å²) < 4.78 is 0. The Bertz CT molecular complexity index is 674. The summed E-state index contributed by atoms with van der Waals surface area (Å²) in [5, 5.41) is 5.75. The fourth-order valence-corrected chi connectivity index (χ4v) is 3.15. The van der Waals surface area contributed by atoms with Gasteiger partial charge >= 0.3 is 6.03 Å². The van der Waals surface area contributed by atoms with Gasteiger partial charge in [-0.1, -0.05) is 37.3 Å². The van der Waals surface area contributed by atoms with Crippen molar-refractivity contribution in [2.24, 2.45) is 0 Å². The van der Waals surface area contributed by atoms with Gasteiger partial charge in [0.25, 0.3) is 5.91 Å². The monoisotopic (exact) mass is 344 g/mol. The molecule has 0 aromatic heterocycles. The first-order valence-electron chi connectivity index (χ1n) is 8.64. The molecule has 3 rings (SSSR count). The van der Waals surface area contributed by atoms with Gasteiger partial charge in [0.05, 0.1) is 13.2 Å². The standard InChI is InChI=1S/C18H24N4O3/c1-3-18(13-7-5-4-6-8-13)16(24)22(17(25)20-18)12-21(2)11-15(23)19-14-9-10-14/h4-8,14H,3,9-12H2,1-2H3,(H,19,23)(H,20,25)/t18-/m0/s1. The zero-order valence-electron chi connectivity index (χ0n) is 14.6. The average Bonchev–Trinajstić information content (AvgIpc) is 3.37. The van der Waals surface area contributed by atoms with Crippen LogP contribution in [0.2, 0.25) is 0 Å². The van der Waals surface area contributed by atoms with E-state index in [4.69, 9.17) is 0 Å². The number of likely N-dealkylation sites (N-methyl/N-ethyl adjacent to an activating group) is 1. The van der Waals surface area contributed by atoms with E-state index in [1.807, 2.05) is 37.3 Å². The molecule has 0 unspecified atom stereocenters. The largest absolute Gasteiger partial charge is 0.352 e. The molecule has 134 valence electrons. The number of carbonyl (C=O) groups excluding carboxylic acids is 3. The summed E-state index contributed by atoms with van der Waals surface area (Å²) in [6, 6.07) is 9.13. The molecule has 1 atom stereocenters. The minimum Gasteiger partial charge on any atom is -0.352 e. The van der Waals surface area contributed by atoms with Crippen LogP contribution in [0, 0.1) is 0 Å². The highest BCUT2D eigenvalue weighted by molar-refractivity contribution is 6.07. The smallest absolute Gasteiger partial charge is 0.326 e. The topological polar surface area (TPSA) is 81.8 Å². The van der Waals surface area contributed by atoms with E-state index in [9.17, 15) is 14.4 Å². The lowest BCUT2D eigenvalue weighted by atomic mass is 9.87. The van der Waals surface area contributed by atoms with Crippen molar-refractivity contribution < 1.29 is 14.4 Å². The minimum atomic E-state index is -1.03. The van der Waals surface area contributed by atoms with E-state index < -0.39 is 11.6 Å². The Kier molecular flexibility index (Phi) is 4.76. The van der Waals surface area contributed by atoms with Crippen molar-refractivity contribution in [1.82, 2.24) is 20.4 Å². The fourth-order valence-electron chi connectivity index (χ4n) is 3.15. The molecule has 0 bridgehead atoms. The maximum Gasteiger partial charge on any atom is 0.326 e. The van der Waals surface area contributed by atoms with Crippen LogP contribution in [0.4, 0.5) is 4.79 Å². The summed E-state index contributed by atoms with van der Waals surface area (Å²) in [6.45, 7) is 2.11. The van der Waals surface area contributed by atoms with Crippen molar-refractivity contribution in [3.63, 3.8) is 0 Å². The molecule has 2 fully saturated rings. The van der Waals surface area contributed by atoms with Crippen molar-refractivity contribution in [3.05, 3.63) is 35.9 Å². The first-order valence-corrected chi connectivity index (χ1v) is 8.64. The Balaban J connectivity index is 1.69. The Hall–Kier alpha value is -2.41. The molecule has 0 radical (unpaired) electrons. The summed E-state index contributed by atoms with van der Waals surface area (Å²) in [7, 11) is 1.72. The molecule has 7 heteroatoms. The van der Waals surface area contributed by atoms with Gasteiger partial charge in [-0.15, -0.1) is 0 Å². The highest BCUT2D eigenvalue weighted by Gasteiger charge is 2.51. The van der Waals surface area contributed by atoms with Gasteiger partial charge in [-0.25, -0.2) is 9.69 Å². The van der Waals surface area contributed by atoms with Gasteiger partial charge in [0.2, 0.25) is 5.91 Å². The Morgan fingerprint density at radius 2 is 2.00 bits per heavy atom. The van der Waals surface area contributed by atoms with Gasteiger partial charge in [-0.3, -0.25) is 14.5 Å². The van der Waals surface area contributed by atoms with Crippen LogP contribution in [0.3, 0.4) is 0 Å². The van der Waals surface area contributed by atoms with E-state index in [-0.39, 0.29) is 25.0 Å². The van der Waals surface area contributed by atoms with E-state index >= 15 is 0 Å². The van der Waals surface area contributed by atoms with Crippen LogP contribution in [0.25, 0.3) is 0 Å². The average molecular weight is 344 g/mol. The molecule has 1 aromatic rings. The number of rotatable bonds is 7. The summed E-state index contributed by atoms with van der Waals surface area (Å²) in [5.74, 6) is -0.359. The maximum absolute atomic E-state index is 13.0. The van der Waals surface area contributed by atoms with Crippen molar-refractivity contribution in [1.29, 1.82) is 0 Å². The lowest BCUT2D eigenvalue weighted by molar-refractivity contribution is -0.134. The van der Waals surface area contributed by atoms with Crippen molar-refractivity contribution >= 4 is 17.8 Å². The molecular formula is C18H24N4O3. The van der Waals surface area contributed by atoms with Crippen LogP contribution in [0.5, 0.6) is 0 Å². The second-order valence-corrected chi connectivity index (χ2v) is 6.79. The molecule has 1 heterocycles. The zero-order valence-corrected chi connectivity index (χ0v) is 14.6. The normalized spacial score (nSPS) is 23.1.